The normalized spacial score (nSPS) is 11.6. The molecule has 92 valence electrons. The molecule has 0 spiro atoms. The number of carboxylic acids is 1. The van der Waals surface area contributed by atoms with Gasteiger partial charge in [-0.3, -0.25) is 9.59 Å². The number of esters is 1. The van der Waals surface area contributed by atoms with E-state index < -0.39 is 23.9 Å². The molecule has 0 aromatic carbocycles. The lowest BCUT2D eigenvalue weighted by molar-refractivity contribution is -0.144. The van der Waals surface area contributed by atoms with Crippen molar-refractivity contribution in [2.75, 3.05) is 6.61 Å². The van der Waals surface area contributed by atoms with E-state index in [-0.39, 0.29) is 19.4 Å². The van der Waals surface area contributed by atoms with Crippen LogP contribution in [-0.4, -0.2) is 35.6 Å². The topological polar surface area (TPSA) is 92.7 Å². The van der Waals surface area contributed by atoms with Gasteiger partial charge < -0.3 is 15.2 Å². The molecular weight excluding hydrogens is 214 g/mol. The molecule has 0 unspecified atom stereocenters. The Morgan fingerprint density at radius 1 is 1.25 bits per heavy atom. The molecule has 0 aliphatic carbocycles. The highest BCUT2D eigenvalue weighted by molar-refractivity contribution is 5.85. The number of amides is 1. The standard InChI is InChI=1S/C10H17NO5/c1-3-7(10(14)15)11-8(12)5-6-9(13)16-4-2/h7H,3-6H2,1-2H3,(H,11,12)(H,14,15)/t7-/m1/s1. The molecule has 1 amide bonds. The molecule has 0 aromatic rings. The van der Waals surface area contributed by atoms with Gasteiger partial charge in [-0.1, -0.05) is 6.92 Å². The molecule has 16 heavy (non-hydrogen) atoms. The van der Waals surface area contributed by atoms with Crippen molar-refractivity contribution in [1.82, 2.24) is 5.32 Å². The van der Waals surface area contributed by atoms with Crippen LogP contribution in [0, 0.1) is 0 Å². The van der Waals surface area contributed by atoms with E-state index in [1.54, 1.807) is 13.8 Å². The highest BCUT2D eigenvalue weighted by atomic mass is 16.5. The highest BCUT2D eigenvalue weighted by Gasteiger charge is 2.17. The van der Waals surface area contributed by atoms with Crippen LogP contribution < -0.4 is 5.32 Å². The maximum Gasteiger partial charge on any atom is 0.326 e. The molecule has 6 nitrogen and oxygen atoms in total. The zero-order chi connectivity index (χ0) is 12.6. The molecule has 0 rings (SSSR count). The van der Waals surface area contributed by atoms with Gasteiger partial charge in [0.15, 0.2) is 0 Å². The van der Waals surface area contributed by atoms with E-state index in [2.05, 4.69) is 10.1 Å². The van der Waals surface area contributed by atoms with Gasteiger partial charge in [0.25, 0.3) is 0 Å². The molecule has 6 heteroatoms. The summed E-state index contributed by atoms with van der Waals surface area (Å²) >= 11 is 0. The van der Waals surface area contributed by atoms with Gasteiger partial charge in [0.2, 0.25) is 5.91 Å². The van der Waals surface area contributed by atoms with Crippen molar-refractivity contribution in [2.24, 2.45) is 0 Å². The fourth-order valence-corrected chi connectivity index (χ4v) is 1.05. The van der Waals surface area contributed by atoms with Gasteiger partial charge >= 0.3 is 11.9 Å². The summed E-state index contributed by atoms with van der Waals surface area (Å²) in [6, 6.07) is -0.894. The number of nitrogens with one attached hydrogen (secondary N) is 1. The van der Waals surface area contributed by atoms with E-state index in [9.17, 15) is 14.4 Å². The lowest BCUT2D eigenvalue weighted by Crippen LogP contribution is -2.40. The second-order valence-electron chi connectivity index (χ2n) is 3.17. The van der Waals surface area contributed by atoms with Gasteiger partial charge in [0.1, 0.15) is 6.04 Å². The first kappa shape index (κ1) is 14.4. The number of ether oxygens (including phenoxy) is 1. The predicted octanol–water partition coefficient (Wildman–Crippen LogP) is 0.309. The van der Waals surface area contributed by atoms with Crippen LogP contribution in [0.3, 0.4) is 0 Å². The Bertz CT molecular complexity index is 264. The Morgan fingerprint density at radius 3 is 2.31 bits per heavy atom. The zero-order valence-electron chi connectivity index (χ0n) is 9.49. The second-order valence-corrected chi connectivity index (χ2v) is 3.17. The maximum atomic E-state index is 11.2. The molecule has 0 aromatic heterocycles. The molecule has 2 N–H and O–H groups in total. The lowest BCUT2D eigenvalue weighted by atomic mass is 10.2. The summed E-state index contributed by atoms with van der Waals surface area (Å²) in [7, 11) is 0. The van der Waals surface area contributed by atoms with Crippen molar-refractivity contribution >= 4 is 17.8 Å². The van der Waals surface area contributed by atoms with Crippen LogP contribution in [0.4, 0.5) is 0 Å². The van der Waals surface area contributed by atoms with Crippen molar-refractivity contribution in [2.45, 2.75) is 39.2 Å². The third kappa shape index (κ3) is 6.00. The second kappa shape index (κ2) is 7.67. The summed E-state index contributed by atoms with van der Waals surface area (Å²) < 4.78 is 4.64. The van der Waals surface area contributed by atoms with Gasteiger partial charge in [0, 0.05) is 6.42 Å². The largest absolute Gasteiger partial charge is 0.480 e. The fraction of sp³-hybridized carbons (Fsp3) is 0.700. The van der Waals surface area contributed by atoms with Crippen LogP contribution in [0.2, 0.25) is 0 Å². The number of rotatable bonds is 7. The van der Waals surface area contributed by atoms with Crippen molar-refractivity contribution in [1.29, 1.82) is 0 Å². The molecule has 0 heterocycles. The average molecular weight is 231 g/mol. The molecule has 0 fully saturated rings. The van der Waals surface area contributed by atoms with E-state index in [1.165, 1.54) is 0 Å². The third-order valence-corrected chi connectivity index (χ3v) is 1.90. The number of carbonyl (C=O) groups is 3. The first-order valence-corrected chi connectivity index (χ1v) is 5.19. The van der Waals surface area contributed by atoms with Crippen LogP contribution in [0.25, 0.3) is 0 Å². The highest BCUT2D eigenvalue weighted by Crippen LogP contribution is 1.96. The summed E-state index contributed by atoms with van der Waals surface area (Å²) in [6.45, 7) is 3.60. The Kier molecular flexibility index (Phi) is 6.91. The van der Waals surface area contributed by atoms with Crippen molar-refractivity contribution < 1.29 is 24.2 Å². The van der Waals surface area contributed by atoms with Crippen LogP contribution in [0.1, 0.15) is 33.1 Å². The molecule has 0 bridgehead atoms. The number of aliphatic carboxylic acids is 1. The molecule has 1 atom stereocenters. The van der Waals surface area contributed by atoms with Crippen LogP contribution in [0.15, 0.2) is 0 Å². The Balaban J connectivity index is 3.89. The minimum atomic E-state index is -1.08. The molecular formula is C10H17NO5. The summed E-state index contributed by atoms with van der Waals surface area (Å²) in [5.74, 6) is -1.99. The first-order chi connectivity index (χ1) is 7.51. The number of hydrogen-bond acceptors (Lipinski definition) is 4. The minimum Gasteiger partial charge on any atom is -0.480 e. The number of carboxylic acid groups (broad SMARTS) is 1. The van der Waals surface area contributed by atoms with Gasteiger partial charge in [-0.2, -0.15) is 0 Å². The zero-order valence-corrected chi connectivity index (χ0v) is 9.49. The van der Waals surface area contributed by atoms with Crippen LogP contribution >= 0.6 is 0 Å². The number of carbonyl (C=O) groups excluding carboxylic acids is 2. The van der Waals surface area contributed by atoms with E-state index in [0.717, 1.165) is 0 Å². The summed E-state index contributed by atoms with van der Waals surface area (Å²) in [6.07, 6.45) is 0.221. The summed E-state index contributed by atoms with van der Waals surface area (Å²) in [5.41, 5.74) is 0. The monoisotopic (exact) mass is 231 g/mol. The quantitative estimate of drug-likeness (QED) is 0.615. The van der Waals surface area contributed by atoms with Gasteiger partial charge in [-0.25, -0.2) is 4.79 Å². The first-order valence-electron chi connectivity index (χ1n) is 5.19. The molecule has 0 aliphatic heterocycles. The molecule has 0 saturated carbocycles. The van der Waals surface area contributed by atoms with Crippen molar-refractivity contribution in [3.05, 3.63) is 0 Å². The molecule has 0 aliphatic rings. The van der Waals surface area contributed by atoms with E-state index in [0.29, 0.717) is 6.42 Å². The van der Waals surface area contributed by atoms with E-state index in [1.807, 2.05) is 0 Å². The average Bonchev–Trinajstić information content (AvgIpc) is 2.23. The summed E-state index contributed by atoms with van der Waals surface area (Å²) in [5, 5.41) is 11.0. The van der Waals surface area contributed by atoms with Crippen LogP contribution in [-0.2, 0) is 19.1 Å². The summed E-state index contributed by atoms with van der Waals surface area (Å²) in [4.78, 5) is 32.8. The predicted molar refractivity (Wildman–Crippen MR) is 55.7 cm³/mol. The fourth-order valence-electron chi connectivity index (χ4n) is 1.05. The third-order valence-electron chi connectivity index (χ3n) is 1.90. The Labute approximate surface area is 94.0 Å². The van der Waals surface area contributed by atoms with E-state index in [4.69, 9.17) is 5.11 Å². The molecule has 0 radical (unpaired) electrons. The van der Waals surface area contributed by atoms with Crippen molar-refractivity contribution in [3.63, 3.8) is 0 Å². The van der Waals surface area contributed by atoms with Gasteiger partial charge in [0.05, 0.1) is 13.0 Å². The Hall–Kier alpha value is -1.59. The SMILES string of the molecule is CCOC(=O)CCC(=O)N[C@H](CC)C(=O)O. The smallest absolute Gasteiger partial charge is 0.326 e. The van der Waals surface area contributed by atoms with E-state index >= 15 is 0 Å². The Morgan fingerprint density at radius 2 is 1.88 bits per heavy atom. The lowest BCUT2D eigenvalue weighted by Gasteiger charge is -2.11. The molecule has 0 saturated heterocycles. The van der Waals surface area contributed by atoms with Gasteiger partial charge in [-0.05, 0) is 13.3 Å². The maximum absolute atomic E-state index is 11.2. The number of hydrogen-bond donors (Lipinski definition) is 2. The van der Waals surface area contributed by atoms with Gasteiger partial charge in [-0.15, -0.1) is 0 Å². The minimum absolute atomic E-state index is 0.0320. The van der Waals surface area contributed by atoms with Crippen LogP contribution in [0.5, 0.6) is 0 Å². The van der Waals surface area contributed by atoms with Crippen molar-refractivity contribution in [3.8, 4) is 0 Å².